The average Bonchev–Trinajstić information content (AvgIpc) is 2.27. The molecule has 4 N–H and O–H groups in total. The second-order valence-electron chi connectivity index (χ2n) is 3.23. The van der Waals surface area contributed by atoms with Crippen LogP contribution in [-0.4, -0.2) is 28.4 Å². The van der Waals surface area contributed by atoms with Gasteiger partial charge in [-0.2, -0.15) is 0 Å². The van der Waals surface area contributed by atoms with E-state index in [9.17, 15) is 17.2 Å². The second-order valence-corrected chi connectivity index (χ2v) is 5.12. The van der Waals surface area contributed by atoms with Crippen molar-refractivity contribution >= 4 is 21.4 Å². The van der Waals surface area contributed by atoms with Gasteiger partial charge < -0.3 is 11.1 Å². The first-order valence-corrected chi connectivity index (χ1v) is 6.20. The van der Waals surface area contributed by atoms with Crippen LogP contribution in [0.4, 0.5) is 20.2 Å². The van der Waals surface area contributed by atoms with Crippen LogP contribution in [0.2, 0.25) is 0 Å². The highest BCUT2D eigenvalue weighted by molar-refractivity contribution is 7.89. The van der Waals surface area contributed by atoms with E-state index in [0.717, 1.165) is 0 Å². The summed E-state index contributed by atoms with van der Waals surface area (Å²) < 4.78 is 48.9. The molecule has 0 aliphatic heterocycles. The summed E-state index contributed by atoms with van der Waals surface area (Å²) in [6.45, 7) is -0.539. The third-order valence-corrected chi connectivity index (χ3v) is 3.46. The molecule has 0 saturated carbocycles. The summed E-state index contributed by atoms with van der Waals surface area (Å²) in [6.07, 6.45) is -2.50. The molecule has 0 bridgehead atoms. The lowest BCUT2D eigenvalue weighted by Gasteiger charge is -2.10. The zero-order valence-electron chi connectivity index (χ0n) is 9.07. The van der Waals surface area contributed by atoms with Crippen LogP contribution in [0.15, 0.2) is 23.1 Å². The Morgan fingerprint density at radius 2 is 2.06 bits per heavy atom. The molecule has 0 saturated heterocycles. The number of nitrogens with two attached hydrogens (primary N) is 1. The molecule has 96 valence electrons. The van der Waals surface area contributed by atoms with E-state index in [1.54, 1.807) is 0 Å². The van der Waals surface area contributed by atoms with Crippen LogP contribution < -0.4 is 15.8 Å². The molecule has 1 rings (SSSR count). The molecule has 0 amide bonds. The maximum atomic E-state index is 12.0. The van der Waals surface area contributed by atoms with E-state index in [0.29, 0.717) is 0 Å². The highest BCUT2D eigenvalue weighted by Gasteiger charge is 2.13. The smallest absolute Gasteiger partial charge is 0.255 e. The molecule has 8 heteroatoms. The first-order chi connectivity index (χ1) is 7.86. The summed E-state index contributed by atoms with van der Waals surface area (Å²) in [5.74, 6) is 0. The summed E-state index contributed by atoms with van der Waals surface area (Å²) in [5, 5.41) is 2.42. The molecule has 0 spiro atoms. The number of nitrogens with one attached hydrogen (secondary N) is 2. The van der Waals surface area contributed by atoms with Gasteiger partial charge in [0.05, 0.1) is 22.8 Å². The van der Waals surface area contributed by atoms with Gasteiger partial charge >= 0.3 is 0 Å². The normalized spacial score (nSPS) is 11.8. The predicted molar refractivity (Wildman–Crippen MR) is 61.6 cm³/mol. The van der Waals surface area contributed by atoms with Crippen LogP contribution in [0.5, 0.6) is 0 Å². The molecule has 1 aromatic rings. The van der Waals surface area contributed by atoms with Crippen molar-refractivity contribution in [3.63, 3.8) is 0 Å². The van der Waals surface area contributed by atoms with Crippen molar-refractivity contribution in [1.29, 1.82) is 0 Å². The average molecular weight is 265 g/mol. The Balaban J connectivity index is 2.94. The van der Waals surface area contributed by atoms with Crippen molar-refractivity contribution in [3.8, 4) is 0 Å². The number of hydrogen-bond acceptors (Lipinski definition) is 4. The van der Waals surface area contributed by atoms with Crippen LogP contribution in [0.3, 0.4) is 0 Å². The zero-order chi connectivity index (χ0) is 13.1. The fraction of sp³-hybridized carbons (Fsp3) is 0.333. The summed E-state index contributed by atoms with van der Waals surface area (Å²) in [6, 6.07) is 3.84. The van der Waals surface area contributed by atoms with Gasteiger partial charge in [0.25, 0.3) is 6.43 Å². The molecule has 0 atom stereocenters. The topological polar surface area (TPSA) is 84.2 Å². The van der Waals surface area contributed by atoms with E-state index in [1.165, 1.54) is 25.2 Å². The number of nitrogen functional groups attached to an aromatic ring is 1. The van der Waals surface area contributed by atoms with Crippen LogP contribution in [0, 0.1) is 0 Å². The third kappa shape index (κ3) is 3.53. The Kier molecular flexibility index (Phi) is 4.24. The van der Waals surface area contributed by atoms with E-state index in [4.69, 9.17) is 5.73 Å². The number of halogens is 2. The van der Waals surface area contributed by atoms with Gasteiger partial charge in [-0.05, 0) is 25.2 Å². The Labute approximate surface area is 98.1 Å². The Hall–Kier alpha value is -1.41. The van der Waals surface area contributed by atoms with Crippen LogP contribution in [-0.2, 0) is 10.0 Å². The zero-order valence-corrected chi connectivity index (χ0v) is 9.89. The largest absolute Gasteiger partial charge is 0.397 e. The SMILES string of the molecule is CNS(=O)(=O)c1ccc(NCC(F)F)c(N)c1. The fourth-order valence-corrected chi connectivity index (χ4v) is 1.94. The molecule has 0 heterocycles. The molecule has 0 fully saturated rings. The van der Waals surface area contributed by atoms with Gasteiger partial charge in [0.1, 0.15) is 0 Å². The predicted octanol–water partition coefficient (Wildman–Crippen LogP) is 0.854. The molecule has 0 radical (unpaired) electrons. The fourth-order valence-electron chi connectivity index (χ4n) is 1.17. The number of benzene rings is 1. The Morgan fingerprint density at radius 1 is 1.41 bits per heavy atom. The highest BCUT2D eigenvalue weighted by Crippen LogP contribution is 2.22. The lowest BCUT2D eigenvalue weighted by molar-refractivity contribution is 0.163. The molecule has 0 aliphatic rings. The highest BCUT2D eigenvalue weighted by atomic mass is 32.2. The first-order valence-electron chi connectivity index (χ1n) is 4.72. The molecule has 17 heavy (non-hydrogen) atoms. The standard InChI is InChI=1S/C9H13F2N3O2S/c1-13-17(15,16)6-2-3-8(7(12)4-6)14-5-9(10)11/h2-4,9,13-14H,5,12H2,1H3. The van der Waals surface area contributed by atoms with E-state index in [-0.39, 0.29) is 16.3 Å². The van der Waals surface area contributed by atoms with Gasteiger partial charge in [0, 0.05) is 0 Å². The monoisotopic (exact) mass is 265 g/mol. The van der Waals surface area contributed by atoms with Crippen molar-refractivity contribution < 1.29 is 17.2 Å². The van der Waals surface area contributed by atoms with Crippen molar-refractivity contribution in [1.82, 2.24) is 4.72 Å². The van der Waals surface area contributed by atoms with Gasteiger partial charge in [0.2, 0.25) is 10.0 Å². The van der Waals surface area contributed by atoms with E-state index >= 15 is 0 Å². The van der Waals surface area contributed by atoms with Crippen LogP contribution in [0.1, 0.15) is 0 Å². The summed E-state index contributed by atoms with van der Waals surface area (Å²) in [5.41, 5.74) is 5.94. The summed E-state index contributed by atoms with van der Waals surface area (Å²) in [4.78, 5) is -0.0138. The Bertz CT molecular complexity index is 491. The lowest BCUT2D eigenvalue weighted by atomic mass is 10.2. The molecule has 0 aliphatic carbocycles. The third-order valence-electron chi connectivity index (χ3n) is 2.05. The maximum absolute atomic E-state index is 12.0. The lowest BCUT2D eigenvalue weighted by Crippen LogP contribution is -2.19. The number of rotatable bonds is 5. The van der Waals surface area contributed by atoms with Gasteiger partial charge in [0.15, 0.2) is 0 Å². The number of sulfonamides is 1. The van der Waals surface area contributed by atoms with Gasteiger partial charge in [-0.3, -0.25) is 0 Å². The summed E-state index contributed by atoms with van der Waals surface area (Å²) in [7, 11) is -2.30. The molecule has 0 unspecified atom stereocenters. The van der Waals surface area contributed by atoms with Crippen LogP contribution in [0.25, 0.3) is 0 Å². The molecule has 0 aromatic heterocycles. The molecular formula is C9H13F2N3O2S. The number of alkyl halides is 2. The van der Waals surface area contributed by atoms with Crippen molar-refractivity contribution in [3.05, 3.63) is 18.2 Å². The maximum Gasteiger partial charge on any atom is 0.255 e. The minimum absolute atomic E-state index is 0.0138. The minimum atomic E-state index is -3.57. The van der Waals surface area contributed by atoms with E-state index in [2.05, 4.69) is 10.0 Å². The molecule has 5 nitrogen and oxygen atoms in total. The quantitative estimate of drug-likeness (QED) is 0.689. The van der Waals surface area contributed by atoms with Crippen molar-refractivity contribution in [2.45, 2.75) is 11.3 Å². The van der Waals surface area contributed by atoms with E-state index in [1.807, 2.05) is 0 Å². The van der Waals surface area contributed by atoms with E-state index < -0.39 is 23.0 Å². The van der Waals surface area contributed by atoms with Crippen molar-refractivity contribution in [2.24, 2.45) is 0 Å². The van der Waals surface area contributed by atoms with Gasteiger partial charge in [-0.1, -0.05) is 0 Å². The van der Waals surface area contributed by atoms with Gasteiger partial charge in [-0.25, -0.2) is 21.9 Å². The molecular weight excluding hydrogens is 252 g/mol. The van der Waals surface area contributed by atoms with Gasteiger partial charge in [-0.15, -0.1) is 0 Å². The van der Waals surface area contributed by atoms with Crippen LogP contribution >= 0.6 is 0 Å². The van der Waals surface area contributed by atoms with Crippen molar-refractivity contribution in [2.75, 3.05) is 24.6 Å². The molecule has 1 aromatic carbocycles. The first kappa shape index (κ1) is 13.7. The second kappa shape index (κ2) is 5.28. The number of anilines is 2. The minimum Gasteiger partial charge on any atom is -0.397 e. The Morgan fingerprint density at radius 3 is 2.53 bits per heavy atom. The number of hydrogen-bond donors (Lipinski definition) is 3. The summed E-state index contributed by atoms with van der Waals surface area (Å²) >= 11 is 0.